The summed E-state index contributed by atoms with van der Waals surface area (Å²) in [4.78, 5) is 0. The highest BCUT2D eigenvalue weighted by atomic mass is 16.5. The van der Waals surface area contributed by atoms with E-state index in [2.05, 4.69) is 24.4 Å². The second-order valence-electron chi connectivity index (χ2n) is 4.52. The number of hydrogen-bond acceptors (Lipinski definition) is 3. The van der Waals surface area contributed by atoms with Crippen LogP contribution in [0.3, 0.4) is 0 Å². The molecule has 0 spiro atoms. The second-order valence-corrected chi connectivity index (χ2v) is 4.52. The highest BCUT2D eigenvalue weighted by molar-refractivity contribution is 5.41. The van der Waals surface area contributed by atoms with Crippen molar-refractivity contribution in [2.45, 2.75) is 19.5 Å². The Morgan fingerprint density at radius 1 is 1.16 bits per heavy atom. The quantitative estimate of drug-likeness (QED) is 0.864. The number of ether oxygens (including phenoxy) is 1. The zero-order valence-corrected chi connectivity index (χ0v) is 11.3. The summed E-state index contributed by atoms with van der Waals surface area (Å²) in [5.74, 6) is 0.675. The Morgan fingerprint density at radius 2 is 1.89 bits per heavy atom. The third-order valence-electron chi connectivity index (χ3n) is 3.16. The van der Waals surface area contributed by atoms with Crippen molar-refractivity contribution in [2.24, 2.45) is 0 Å². The van der Waals surface area contributed by atoms with E-state index in [1.165, 1.54) is 5.56 Å². The van der Waals surface area contributed by atoms with Crippen LogP contribution >= 0.6 is 0 Å². The molecule has 0 saturated carbocycles. The van der Waals surface area contributed by atoms with Gasteiger partial charge in [-0.3, -0.25) is 0 Å². The van der Waals surface area contributed by atoms with Gasteiger partial charge >= 0.3 is 0 Å². The van der Waals surface area contributed by atoms with Gasteiger partial charge in [0.05, 0.1) is 7.11 Å². The molecule has 2 aromatic carbocycles. The molecular formula is C16H19NO2. The van der Waals surface area contributed by atoms with E-state index in [0.717, 1.165) is 5.56 Å². The lowest BCUT2D eigenvalue weighted by Gasteiger charge is -2.14. The Morgan fingerprint density at radius 3 is 2.53 bits per heavy atom. The fourth-order valence-electron chi connectivity index (χ4n) is 1.98. The van der Waals surface area contributed by atoms with Crippen LogP contribution in [0.5, 0.6) is 11.5 Å². The maximum atomic E-state index is 9.72. The summed E-state index contributed by atoms with van der Waals surface area (Å²) in [5, 5.41) is 13.1. The van der Waals surface area contributed by atoms with Crippen LogP contribution in [0.1, 0.15) is 24.1 Å². The highest BCUT2D eigenvalue weighted by Gasteiger charge is 2.06. The average Bonchev–Trinajstić information content (AvgIpc) is 2.46. The lowest BCUT2D eigenvalue weighted by molar-refractivity contribution is 0.373. The molecule has 0 aliphatic heterocycles. The van der Waals surface area contributed by atoms with Crippen molar-refractivity contribution in [1.82, 2.24) is 5.32 Å². The molecule has 0 unspecified atom stereocenters. The van der Waals surface area contributed by atoms with Crippen LogP contribution in [0.25, 0.3) is 0 Å². The van der Waals surface area contributed by atoms with Crippen LogP contribution in [-0.2, 0) is 6.54 Å². The average molecular weight is 257 g/mol. The molecular weight excluding hydrogens is 238 g/mol. The third-order valence-corrected chi connectivity index (χ3v) is 3.16. The minimum atomic E-state index is 0.175. The van der Waals surface area contributed by atoms with Crippen molar-refractivity contribution < 1.29 is 9.84 Å². The monoisotopic (exact) mass is 257 g/mol. The first-order chi connectivity index (χ1) is 9.20. The minimum absolute atomic E-state index is 0.175. The summed E-state index contributed by atoms with van der Waals surface area (Å²) in [6.45, 7) is 2.83. The Kier molecular flexibility index (Phi) is 4.42. The molecule has 0 saturated heterocycles. The molecule has 0 aromatic heterocycles. The number of phenolic OH excluding ortho intramolecular Hbond substituents is 1. The largest absolute Gasteiger partial charge is 0.504 e. The smallest absolute Gasteiger partial charge is 0.160 e. The minimum Gasteiger partial charge on any atom is -0.504 e. The Hall–Kier alpha value is -2.00. The summed E-state index contributed by atoms with van der Waals surface area (Å²) in [6, 6.07) is 16.0. The number of aromatic hydroxyl groups is 1. The van der Waals surface area contributed by atoms with Gasteiger partial charge in [-0.05, 0) is 30.2 Å². The molecule has 0 heterocycles. The molecule has 0 amide bonds. The molecule has 0 fully saturated rings. The van der Waals surface area contributed by atoms with Crippen LogP contribution in [0, 0.1) is 0 Å². The van der Waals surface area contributed by atoms with Crippen LogP contribution in [0.2, 0.25) is 0 Å². The SMILES string of the molecule is COc1ccc(CN[C@@H](C)c2ccccc2)cc1O. The van der Waals surface area contributed by atoms with Gasteiger partial charge in [-0.15, -0.1) is 0 Å². The van der Waals surface area contributed by atoms with Gasteiger partial charge in [-0.1, -0.05) is 36.4 Å². The van der Waals surface area contributed by atoms with E-state index in [4.69, 9.17) is 4.74 Å². The van der Waals surface area contributed by atoms with Gasteiger partial charge in [0.2, 0.25) is 0 Å². The first kappa shape index (κ1) is 13.4. The molecule has 100 valence electrons. The number of phenols is 1. The second kappa shape index (κ2) is 6.25. The van der Waals surface area contributed by atoms with E-state index >= 15 is 0 Å². The summed E-state index contributed by atoms with van der Waals surface area (Å²) in [6.07, 6.45) is 0. The summed E-state index contributed by atoms with van der Waals surface area (Å²) >= 11 is 0. The van der Waals surface area contributed by atoms with Crippen molar-refractivity contribution in [1.29, 1.82) is 0 Å². The van der Waals surface area contributed by atoms with E-state index in [1.54, 1.807) is 19.2 Å². The highest BCUT2D eigenvalue weighted by Crippen LogP contribution is 2.26. The molecule has 3 nitrogen and oxygen atoms in total. The van der Waals surface area contributed by atoms with Crippen LogP contribution < -0.4 is 10.1 Å². The Labute approximate surface area is 113 Å². The zero-order chi connectivity index (χ0) is 13.7. The molecule has 3 heteroatoms. The van der Waals surface area contributed by atoms with Crippen LogP contribution in [-0.4, -0.2) is 12.2 Å². The number of methoxy groups -OCH3 is 1. The molecule has 19 heavy (non-hydrogen) atoms. The summed E-state index contributed by atoms with van der Waals surface area (Å²) in [5.41, 5.74) is 2.28. The molecule has 0 aliphatic carbocycles. The number of hydrogen-bond donors (Lipinski definition) is 2. The first-order valence-electron chi connectivity index (χ1n) is 6.35. The maximum Gasteiger partial charge on any atom is 0.160 e. The normalized spacial score (nSPS) is 12.1. The van der Waals surface area contributed by atoms with Gasteiger partial charge in [-0.2, -0.15) is 0 Å². The molecule has 2 rings (SSSR count). The van der Waals surface area contributed by atoms with E-state index in [1.807, 2.05) is 24.3 Å². The molecule has 0 radical (unpaired) electrons. The van der Waals surface area contributed by atoms with Crippen molar-refractivity contribution in [3.63, 3.8) is 0 Å². The Bertz CT molecular complexity index is 526. The topological polar surface area (TPSA) is 41.5 Å². The number of benzene rings is 2. The molecule has 0 bridgehead atoms. The van der Waals surface area contributed by atoms with Crippen LogP contribution in [0.15, 0.2) is 48.5 Å². The Balaban J connectivity index is 1.97. The van der Waals surface area contributed by atoms with E-state index in [0.29, 0.717) is 12.3 Å². The summed E-state index contributed by atoms with van der Waals surface area (Å²) < 4.78 is 5.02. The third kappa shape index (κ3) is 3.48. The first-order valence-corrected chi connectivity index (χ1v) is 6.35. The fourth-order valence-corrected chi connectivity index (χ4v) is 1.98. The van der Waals surface area contributed by atoms with Crippen molar-refractivity contribution >= 4 is 0 Å². The van der Waals surface area contributed by atoms with Gasteiger partial charge in [0, 0.05) is 12.6 Å². The molecule has 2 N–H and O–H groups in total. The van der Waals surface area contributed by atoms with Crippen molar-refractivity contribution in [3.05, 3.63) is 59.7 Å². The molecule has 0 aliphatic rings. The number of rotatable bonds is 5. The maximum absolute atomic E-state index is 9.72. The van der Waals surface area contributed by atoms with Gasteiger partial charge in [0.15, 0.2) is 11.5 Å². The molecule has 1 atom stereocenters. The van der Waals surface area contributed by atoms with Crippen LogP contribution in [0.4, 0.5) is 0 Å². The predicted molar refractivity (Wildman–Crippen MR) is 76.4 cm³/mol. The van der Waals surface area contributed by atoms with Gasteiger partial charge in [0.25, 0.3) is 0 Å². The van der Waals surface area contributed by atoms with E-state index in [9.17, 15) is 5.11 Å². The van der Waals surface area contributed by atoms with Gasteiger partial charge in [-0.25, -0.2) is 0 Å². The lowest BCUT2D eigenvalue weighted by Crippen LogP contribution is -2.17. The summed E-state index contributed by atoms with van der Waals surface area (Å²) in [7, 11) is 1.55. The zero-order valence-electron chi connectivity index (χ0n) is 11.3. The van der Waals surface area contributed by atoms with Gasteiger partial charge in [0.1, 0.15) is 0 Å². The predicted octanol–water partition coefficient (Wildman–Crippen LogP) is 3.25. The number of nitrogens with one attached hydrogen (secondary N) is 1. The lowest BCUT2D eigenvalue weighted by atomic mass is 10.1. The van der Waals surface area contributed by atoms with Gasteiger partial charge < -0.3 is 15.2 Å². The standard InChI is InChI=1S/C16H19NO2/c1-12(14-6-4-3-5-7-14)17-11-13-8-9-16(19-2)15(18)10-13/h3-10,12,17-18H,11H2,1-2H3/t12-/m0/s1. The molecule has 2 aromatic rings. The van der Waals surface area contributed by atoms with Crippen molar-refractivity contribution in [2.75, 3.05) is 7.11 Å². The van der Waals surface area contributed by atoms with E-state index in [-0.39, 0.29) is 11.8 Å². The van der Waals surface area contributed by atoms with E-state index < -0.39 is 0 Å². The fraction of sp³-hybridized carbons (Fsp3) is 0.250. The van der Waals surface area contributed by atoms with Crippen molar-refractivity contribution in [3.8, 4) is 11.5 Å².